The Labute approximate surface area is 208 Å². The van der Waals surface area contributed by atoms with E-state index in [1.807, 2.05) is 20.8 Å². The maximum atomic E-state index is 12.3. The third-order valence-electron chi connectivity index (χ3n) is 5.58. The molecule has 0 radical (unpaired) electrons. The van der Waals surface area contributed by atoms with Crippen molar-refractivity contribution in [1.82, 2.24) is 8.75 Å². The lowest BCUT2D eigenvalue weighted by molar-refractivity contribution is -0.919. The number of esters is 2. The summed E-state index contributed by atoms with van der Waals surface area (Å²) in [7, 11) is 2.09. The molecule has 1 atom stereocenters. The Balaban J connectivity index is 1.74. The number of nitrogens with zero attached hydrogens (tertiary/aromatic N) is 3. The van der Waals surface area contributed by atoms with E-state index in [-0.39, 0.29) is 11.9 Å². The third kappa shape index (κ3) is 10.5. The van der Waals surface area contributed by atoms with Crippen molar-refractivity contribution in [2.45, 2.75) is 91.1 Å². The molecule has 0 spiro atoms. The lowest BCUT2D eigenvalue weighted by atomic mass is 10.1. The second-order valence-corrected chi connectivity index (χ2v) is 10.8. The molecule has 0 aromatic carbocycles. The normalized spacial score (nSPS) is 18.3. The minimum atomic E-state index is -0.479. The zero-order valence-corrected chi connectivity index (χ0v) is 22.4. The smallest absolute Gasteiger partial charge is 0.310 e. The summed E-state index contributed by atoms with van der Waals surface area (Å²) in [5.74, 6) is 0.154. The second kappa shape index (κ2) is 13.8. The maximum absolute atomic E-state index is 12.3. The Kier molecular flexibility index (Phi) is 11.4. The van der Waals surface area contributed by atoms with Gasteiger partial charge in [0, 0.05) is 24.8 Å². The van der Waals surface area contributed by atoms with Gasteiger partial charge in [-0.15, -0.1) is 4.37 Å². The van der Waals surface area contributed by atoms with Crippen molar-refractivity contribution >= 4 is 29.2 Å². The first-order chi connectivity index (χ1) is 16.1. The molecule has 1 aliphatic heterocycles. The first kappa shape index (κ1) is 28.2. The summed E-state index contributed by atoms with van der Waals surface area (Å²) in [4.78, 5) is 24.0. The van der Waals surface area contributed by atoms with E-state index >= 15 is 0 Å². The minimum absolute atomic E-state index is 0.229. The van der Waals surface area contributed by atoms with Gasteiger partial charge in [0.2, 0.25) is 6.73 Å². The van der Waals surface area contributed by atoms with Gasteiger partial charge in [0.1, 0.15) is 17.8 Å². The topological polar surface area (TPSA) is 87.6 Å². The zero-order valence-electron chi connectivity index (χ0n) is 21.6. The average molecular weight is 497 g/mol. The van der Waals surface area contributed by atoms with Crippen LogP contribution in [0.5, 0.6) is 5.88 Å². The predicted molar refractivity (Wildman–Crippen MR) is 133 cm³/mol. The van der Waals surface area contributed by atoms with Crippen LogP contribution in [-0.4, -0.2) is 64.2 Å². The second-order valence-electron chi connectivity index (χ2n) is 10.3. The lowest BCUT2D eigenvalue weighted by Crippen LogP contribution is -2.49. The Bertz CT molecular complexity index is 818. The number of unbranched alkanes of at least 4 members (excludes halogenated alkanes) is 4. The molecule has 0 bridgehead atoms. The molecule has 8 nitrogen and oxygen atoms in total. The Morgan fingerprint density at radius 3 is 2.50 bits per heavy atom. The SMILES string of the molecule is CCCCCCOc1nsnc1C1=CCC[N+](C)(COC(=O)CCCCC(=O)OC(C)(C)C)C1. The Hall–Kier alpha value is -2.00. The van der Waals surface area contributed by atoms with Crippen molar-refractivity contribution in [2.24, 2.45) is 0 Å². The summed E-state index contributed by atoms with van der Waals surface area (Å²) in [6.07, 6.45) is 9.51. The molecule has 1 unspecified atom stereocenters. The first-order valence-electron chi connectivity index (χ1n) is 12.5. The molecule has 0 N–H and O–H groups in total. The van der Waals surface area contributed by atoms with Gasteiger partial charge in [-0.2, -0.15) is 4.37 Å². The van der Waals surface area contributed by atoms with E-state index in [1.54, 1.807) is 0 Å². The van der Waals surface area contributed by atoms with Crippen LogP contribution in [0, 0.1) is 0 Å². The van der Waals surface area contributed by atoms with Crippen LogP contribution in [0.1, 0.15) is 91.2 Å². The van der Waals surface area contributed by atoms with E-state index in [4.69, 9.17) is 14.2 Å². The number of rotatable bonds is 14. The maximum Gasteiger partial charge on any atom is 0.310 e. The highest BCUT2D eigenvalue weighted by molar-refractivity contribution is 6.99. The molecule has 9 heteroatoms. The van der Waals surface area contributed by atoms with E-state index in [9.17, 15) is 9.59 Å². The fourth-order valence-corrected chi connectivity index (χ4v) is 4.32. The number of aromatic nitrogens is 2. The number of quaternary nitrogens is 1. The quantitative estimate of drug-likeness (QED) is 0.200. The van der Waals surface area contributed by atoms with Crippen LogP contribution >= 0.6 is 11.7 Å². The summed E-state index contributed by atoms with van der Waals surface area (Å²) in [6.45, 7) is 10.3. The molecule has 1 aromatic heterocycles. The lowest BCUT2D eigenvalue weighted by Gasteiger charge is -2.36. The number of ether oxygens (including phenoxy) is 3. The van der Waals surface area contributed by atoms with Gasteiger partial charge in [0.25, 0.3) is 5.88 Å². The average Bonchev–Trinajstić information content (AvgIpc) is 3.23. The van der Waals surface area contributed by atoms with Gasteiger partial charge in [0.05, 0.1) is 31.9 Å². The van der Waals surface area contributed by atoms with Crippen LogP contribution in [0.4, 0.5) is 0 Å². The summed E-state index contributed by atoms with van der Waals surface area (Å²) >= 11 is 1.17. The number of hydrogen-bond acceptors (Lipinski definition) is 8. The highest BCUT2D eigenvalue weighted by Crippen LogP contribution is 2.30. The Morgan fingerprint density at radius 1 is 1.06 bits per heavy atom. The molecular formula is C25H42N3O5S+. The monoisotopic (exact) mass is 496 g/mol. The summed E-state index contributed by atoms with van der Waals surface area (Å²) in [6, 6.07) is 0. The molecule has 192 valence electrons. The molecule has 1 aromatic rings. The Morgan fingerprint density at radius 2 is 1.79 bits per heavy atom. The molecule has 0 aliphatic carbocycles. The third-order valence-corrected chi connectivity index (χ3v) is 6.09. The summed E-state index contributed by atoms with van der Waals surface area (Å²) in [5.41, 5.74) is 1.43. The molecular weight excluding hydrogens is 454 g/mol. The fraction of sp³-hybridized carbons (Fsp3) is 0.760. The van der Waals surface area contributed by atoms with Gasteiger partial charge in [-0.3, -0.25) is 14.1 Å². The van der Waals surface area contributed by atoms with Gasteiger partial charge in [-0.25, -0.2) is 0 Å². The van der Waals surface area contributed by atoms with Gasteiger partial charge in [-0.05, 0) is 40.0 Å². The van der Waals surface area contributed by atoms with E-state index in [2.05, 4.69) is 28.8 Å². The van der Waals surface area contributed by atoms with Gasteiger partial charge in [0.15, 0.2) is 0 Å². The molecule has 2 rings (SSSR count). The molecule has 0 saturated carbocycles. The van der Waals surface area contributed by atoms with Crippen molar-refractivity contribution in [1.29, 1.82) is 0 Å². The first-order valence-corrected chi connectivity index (χ1v) is 13.2. The zero-order chi connectivity index (χ0) is 25.0. The van der Waals surface area contributed by atoms with Crippen molar-refractivity contribution in [3.8, 4) is 5.88 Å². The van der Waals surface area contributed by atoms with Crippen molar-refractivity contribution in [3.05, 3.63) is 11.8 Å². The molecule has 1 aliphatic rings. The number of carbonyl (C=O) groups is 2. The molecule has 2 heterocycles. The fourth-order valence-electron chi connectivity index (χ4n) is 3.79. The van der Waals surface area contributed by atoms with Crippen LogP contribution < -0.4 is 4.74 Å². The number of likely N-dealkylation sites (N-methyl/N-ethyl adjacent to an activating group) is 1. The molecule has 0 fully saturated rings. The molecule has 0 amide bonds. The van der Waals surface area contributed by atoms with Gasteiger partial charge in [-0.1, -0.05) is 32.3 Å². The number of hydrogen-bond donors (Lipinski definition) is 0. The van der Waals surface area contributed by atoms with E-state index in [0.717, 1.165) is 37.1 Å². The van der Waals surface area contributed by atoms with E-state index in [1.165, 1.54) is 24.6 Å². The summed E-state index contributed by atoms with van der Waals surface area (Å²) < 4.78 is 26.2. The van der Waals surface area contributed by atoms with Gasteiger partial charge >= 0.3 is 11.9 Å². The van der Waals surface area contributed by atoms with Gasteiger partial charge < -0.3 is 14.2 Å². The minimum Gasteiger partial charge on any atom is -0.475 e. The summed E-state index contributed by atoms with van der Waals surface area (Å²) in [5, 5.41) is 0. The number of carbonyl (C=O) groups excluding carboxylic acids is 2. The molecule has 34 heavy (non-hydrogen) atoms. The van der Waals surface area contributed by atoms with Crippen LogP contribution in [0.15, 0.2) is 6.08 Å². The van der Waals surface area contributed by atoms with Crippen LogP contribution in [0.2, 0.25) is 0 Å². The van der Waals surface area contributed by atoms with Crippen LogP contribution in [0.25, 0.3) is 5.57 Å². The van der Waals surface area contributed by atoms with E-state index in [0.29, 0.717) is 55.9 Å². The predicted octanol–water partition coefficient (Wildman–Crippen LogP) is 5.13. The van der Waals surface area contributed by atoms with Crippen molar-refractivity contribution in [3.63, 3.8) is 0 Å². The van der Waals surface area contributed by atoms with Crippen LogP contribution in [0.3, 0.4) is 0 Å². The van der Waals surface area contributed by atoms with Crippen LogP contribution in [-0.2, 0) is 19.1 Å². The standard InChI is InChI=1S/C25H42N3O5S/c1-6-7-8-11-17-31-24-23(26-34-27-24)20-13-12-16-28(5,18-20)19-32-21(29)14-9-10-15-22(30)33-25(2,3)4/h13H,6-12,14-19H2,1-5H3/q+1. The van der Waals surface area contributed by atoms with Crippen molar-refractivity contribution in [2.75, 3.05) is 33.5 Å². The largest absolute Gasteiger partial charge is 0.475 e. The molecule has 0 saturated heterocycles. The van der Waals surface area contributed by atoms with Crippen molar-refractivity contribution < 1.29 is 28.3 Å². The highest BCUT2D eigenvalue weighted by atomic mass is 32.1. The highest BCUT2D eigenvalue weighted by Gasteiger charge is 2.31. The van der Waals surface area contributed by atoms with E-state index < -0.39 is 5.60 Å².